The molecule has 0 radical (unpaired) electrons. The number of benzene rings is 4. The minimum absolute atomic E-state index is 0.0165. The van der Waals surface area contributed by atoms with E-state index in [-0.39, 0.29) is 56.8 Å². The summed E-state index contributed by atoms with van der Waals surface area (Å²) in [5.41, 5.74) is 3.63. The molecule has 0 bridgehead atoms. The summed E-state index contributed by atoms with van der Waals surface area (Å²) in [7, 11) is 0. The zero-order valence-corrected chi connectivity index (χ0v) is 43.8. The van der Waals surface area contributed by atoms with E-state index in [1.807, 2.05) is 53.4 Å². The number of nitrogens with zero attached hydrogens (tertiary/aromatic N) is 2. The maximum absolute atomic E-state index is 15.5. The second-order valence-electron chi connectivity index (χ2n) is 21.1. The summed E-state index contributed by atoms with van der Waals surface area (Å²) in [4.78, 5) is 23.9. The Labute approximate surface area is 439 Å². The number of fused-ring (bicyclic) bond motifs is 4. The van der Waals surface area contributed by atoms with Gasteiger partial charge in [0.2, 0.25) is 24.8 Å². The molecular formula is C62H80N2O10. The van der Waals surface area contributed by atoms with Crippen LogP contribution in [0.4, 0.5) is 0 Å². The van der Waals surface area contributed by atoms with Crippen LogP contribution in [0.2, 0.25) is 0 Å². The Morgan fingerprint density at radius 2 is 1.55 bits per heavy atom. The Kier molecular flexibility index (Phi) is 19.1. The summed E-state index contributed by atoms with van der Waals surface area (Å²) >= 11 is 0. The normalized spacial score (nSPS) is 24.1. The van der Waals surface area contributed by atoms with Crippen molar-refractivity contribution >= 4 is 22.4 Å². The fraction of sp³-hybridized carbons (Fsp3) is 0.548. The summed E-state index contributed by atoms with van der Waals surface area (Å²) in [6, 6.07) is 25.8. The zero-order chi connectivity index (χ0) is 51.1. The van der Waals surface area contributed by atoms with Gasteiger partial charge in [0, 0.05) is 50.5 Å². The third-order valence-corrected chi connectivity index (χ3v) is 16.0. The Bertz CT molecular complexity index is 2540. The molecule has 1 amide bonds. The molecule has 4 aromatic rings. The van der Waals surface area contributed by atoms with Gasteiger partial charge in [-0.05, 0) is 121 Å². The first-order valence-corrected chi connectivity index (χ1v) is 28.1. The summed E-state index contributed by atoms with van der Waals surface area (Å²) in [6.07, 6.45) is 22.0. The van der Waals surface area contributed by atoms with E-state index in [4.69, 9.17) is 38.4 Å². The maximum Gasteiger partial charge on any atom is 0.239 e. The Hall–Kier alpha value is -5.40. The van der Waals surface area contributed by atoms with Gasteiger partial charge in [0.25, 0.3) is 0 Å². The quantitative estimate of drug-likeness (QED) is 0.0321. The van der Waals surface area contributed by atoms with E-state index in [9.17, 15) is 10.2 Å². The predicted octanol–water partition coefficient (Wildman–Crippen LogP) is 13.5. The van der Waals surface area contributed by atoms with Crippen LogP contribution in [-0.2, 0) is 25.7 Å². The van der Waals surface area contributed by atoms with Crippen LogP contribution in [0.25, 0.3) is 10.8 Å². The predicted molar refractivity (Wildman–Crippen MR) is 289 cm³/mol. The molecule has 3 aliphatic heterocycles. The highest BCUT2D eigenvalue weighted by Crippen LogP contribution is 2.62. The van der Waals surface area contributed by atoms with Crippen LogP contribution in [0.3, 0.4) is 0 Å². The van der Waals surface area contributed by atoms with E-state index in [0.29, 0.717) is 55.3 Å². The number of aliphatic hydroxyl groups is 2. The average molecular weight is 1010 g/mol. The molecule has 5 aliphatic rings. The van der Waals surface area contributed by atoms with Crippen LogP contribution in [0.1, 0.15) is 152 Å². The van der Waals surface area contributed by atoms with Crippen LogP contribution in [0, 0.1) is 17.8 Å². The highest BCUT2D eigenvalue weighted by Gasteiger charge is 2.65. The van der Waals surface area contributed by atoms with Gasteiger partial charge in [-0.15, -0.1) is 6.58 Å². The molecule has 1 unspecified atom stereocenters. The fourth-order valence-electron chi connectivity index (χ4n) is 12.3. The lowest BCUT2D eigenvalue weighted by atomic mass is 9.55. The number of oxime groups is 1. The van der Waals surface area contributed by atoms with Gasteiger partial charge in [-0.3, -0.25) is 4.79 Å². The van der Waals surface area contributed by atoms with E-state index in [0.717, 1.165) is 103 Å². The van der Waals surface area contributed by atoms with Crippen molar-refractivity contribution in [2.75, 3.05) is 33.2 Å². The first-order valence-electron chi connectivity index (χ1n) is 28.1. The number of hydrogen-bond acceptors (Lipinski definition) is 11. The van der Waals surface area contributed by atoms with Crippen molar-refractivity contribution in [1.82, 2.24) is 4.90 Å². The molecule has 1 saturated carbocycles. The molecule has 2 aliphatic carbocycles. The van der Waals surface area contributed by atoms with Crippen molar-refractivity contribution in [2.45, 2.75) is 166 Å². The van der Waals surface area contributed by atoms with Crippen molar-refractivity contribution in [3.8, 4) is 28.7 Å². The highest BCUT2D eigenvalue weighted by atomic mass is 16.8. The second-order valence-corrected chi connectivity index (χ2v) is 21.1. The van der Waals surface area contributed by atoms with Crippen molar-refractivity contribution in [1.29, 1.82) is 0 Å². The van der Waals surface area contributed by atoms with Crippen LogP contribution in [0.15, 0.2) is 108 Å². The van der Waals surface area contributed by atoms with Crippen molar-refractivity contribution in [2.24, 2.45) is 22.9 Å². The minimum atomic E-state index is -1.41. The molecule has 0 spiro atoms. The molecule has 74 heavy (non-hydrogen) atoms. The summed E-state index contributed by atoms with van der Waals surface area (Å²) in [5, 5.41) is 27.6. The molecule has 2 N–H and O–H groups in total. The van der Waals surface area contributed by atoms with E-state index in [1.165, 1.54) is 38.5 Å². The Morgan fingerprint density at radius 3 is 2.34 bits per heavy atom. The summed E-state index contributed by atoms with van der Waals surface area (Å²) in [6.45, 7) is 7.81. The standard InChI is InChI=1S/C62H80N2O10/c1-3-5-6-7-8-9-10-11-12-25-58(67)64(42-44-27-31-55-56(37-44)70-43-69-55)57-41-53(63-74-59-26-17-20-36-68-59)51-39-47(23-15-18-33-65)50(24-16-19-34-66)60-52-40-49(72-48-29-28-45-21-13-14-22-46(45)38-48)30-32-54(52)73-62(57,61(51)60)71-35-4-2/h4,13-14,21-22,27-32,37-40,47,50,57,59-61,65-66H,2-3,5-12,15-20,23-26,33-36,41-43H2,1H3/t47-,50+,57-,59?,60+,61+,62+/m0/s1. The zero-order valence-electron chi connectivity index (χ0n) is 43.8. The number of hydrogen-bond donors (Lipinski definition) is 2. The number of aliphatic hydroxyl groups excluding tert-OH is 2. The van der Waals surface area contributed by atoms with Gasteiger partial charge in [-0.1, -0.05) is 125 Å². The van der Waals surface area contributed by atoms with Crippen molar-refractivity contribution in [3.63, 3.8) is 0 Å². The lowest BCUT2D eigenvalue weighted by Crippen LogP contribution is -2.70. The molecule has 3 heterocycles. The number of carbonyl (C=O) groups excluding carboxylic acids is 1. The van der Waals surface area contributed by atoms with E-state index in [2.05, 4.69) is 49.9 Å². The SMILES string of the molecule is C=CCO[C@@]12Oc3ccc(Oc4ccc5ccccc5c4)cc3[C@H]3[C@H](CCCCO)[C@@H](CCCCO)C=C(C(=NOC4CCCCO4)C[C@@H]1N(Cc1ccc4c(c1)OCO4)C(=O)CCCCCCCCCCC)[C@H]32. The highest BCUT2D eigenvalue weighted by molar-refractivity contribution is 6.03. The maximum atomic E-state index is 15.5. The average Bonchev–Trinajstić information content (AvgIpc) is 3.98. The van der Waals surface area contributed by atoms with Crippen LogP contribution in [-0.4, -0.2) is 78.1 Å². The van der Waals surface area contributed by atoms with Gasteiger partial charge in [0.15, 0.2) is 11.5 Å². The minimum Gasteiger partial charge on any atom is -0.459 e. The molecule has 12 heteroatoms. The Morgan fingerprint density at radius 1 is 0.811 bits per heavy atom. The lowest BCUT2D eigenvalue weighted by Gasteiger charge is -2.60. The summed E-state index contributed by atoms with van der Waals surface area (Å²) in [5.74, 6) is 1.49. The van der Waals surface area contributed by atoms with Crippen LogP contribution in [0.5, 0.6) is 28.7 Å². The van der Waals surface area contributed by atoms with E-state index >= 15 is 4.79 Å². The van der Waals surface area contributed by atoms with Gasteiger partial charge in [-0.25, -0.2) is 0 Å². The number of carbonyl (C=O) groups is 1. The second kappa shape index (κ2) is 26.4. The third-order valence-electron chi connectivity index (χ3n) is 16.0. The number of rotatable bonds is 28. The topological polar surface area (TPSA) is 138 Å². The fourth-order valence-corrected chi connectivity index (χ4v) is 12.3. The molecule has 398 valence electrons. The molecule has 7 atom stereocenters. The molecular weight excluding hydrogens is 933 g/mol. The van der Waals surface area contributed by atoms with E-state index in [1.54, 1.807) is 6.08 Å². The monoisotopic (exact) mass is 1010 g/mol. The molecule has 12 nitrogen and oxygen atoms in total. The molecule has 2 fully saturated rings. The smallest absolute Gasteiger partial charge is 0.239 e. The van der Waals surface area contributed by atoms with Gasteiger partial charge in [0.1, 0.15) is 23.3 Å². The van der Waals surface area contributed by atoms with Gasteiger partial charge in [-0.2, -0.15) is 0 Å². The van der Waals surface area contributed by atoms with E-state index < -0.39 is 24.0 Å². The van der Waals surface area contributed by atoms with Crippen LogP contribution < -0.4 is 18.9 Å². The molecule has 0 aromatic heterocycles. The number of ether oxygens (including phenoxy) is 6. The largest absolute Gasteiger partial charge is 0.459 e. The molecule has 1 saturated heterocycles. The molecule has 9 rings (SSSR count). The lowest BCUT2D eigenvalue weighted by molar-refractivity contribution is -0.258. The first kappa shape index (κ1) is 53.4. The van der Waals surface area contributed by atoms with Gasteiger partial charge >= 0.3 is 0 Å². The van der Waals surface area contributed by atoms with Crippen molar-refractivity contribution < 1.29 is 48.3 Å². The van der Waals surface area contributed by atoms with Crippen LogP contribution >= 0.6 is 0 Å². The number of allylic oxidation sites excluding steroid dienone is 1. The number of unbranched alkanes of at least 4 members (excludes halogenated alkanes) is 10. The van der Waals surface area contributed by atoms with Crippen molar-refractivity contribution in [3.05, 3.63) is 114 Å². The number of amides is 1. The first-order chi connectivity index (χ1) is 36.4. The third kappa shape index (κ3) is 12.6. The molecule has 4 aromatic carbocycles. The Balaban J connectivity index is 1.17. The summed E-state index contributed by atoms with van der Waals surface area (Å²) < 4.78 is 39.5. The van der Waals surface area contributed by atoms with Gasteiger partial charge < -0.3 is 48.4 Å². The van der Waals surface area contributed by atoms with Gasteiger partial charge in [0.05, 0.1) is 24.8 Å².